The summed E-state index contributed by atoms with van der Waals surface area (Å²) in [6, 6.07) is 3.96. The predicted molar refractivity (Wildman–Crippen MR) is 65.8 cm³/mol. The molecule has 0 aromatic carbocycles. The van der Waals surface area contributed by atoms with E-state index in [9.17, 15) is 4.79 Å². The second kappa shape index (κ2) is 5.07. The minimum absolute atomic E-state index is 0.679. The zero-order chi connectivity index (χ0) is 11.4. The molecule has 0 saturated heterocycles. The van der Waals surface area contributed by atoms with E-state index in [0.717, 1.165) is 36.2 Å². The average Bonchev–Trinajstić information content (AvgIpc) is 2.94. The van der Waals surface area contributed by atoms with Gasteiger partial charge in [-0.15, -0.1) is 11.3 Å². The zero-order valence-electron chi connectivity index (χ0n) is 9.22. The van der Waals surface area contributed by atoms with Gasteiger partial charge in [-0.1, -0.05) is 19.4 Å². The van der Waals surface area contributed by atoms with Crippen LogP contribution in [0.2, 0.25) is 0 Å². The molecule has 0 radical (unpaired) electrons. The lowest BCUT2D eigenvalue weighted by atomic mass is 10.2. The highest BCUT2D eigenvalue weighted by Gasteiger charge is 2.10. The van der Waals surface area contributed by atoms with E-state index in [1.54, 1.807) is 11.3 Å². The summed E-state index contributed by atoms with van der Waals surface area (Å²) in [5, 5.41) is 6.45. The third-order valence-corrected chi connectivity index (χ3v) is 3.29. The highest BCUT2D eigenvalue weighted by Crippen LogP contribution is 2.25. The first-order valence-corrected chi connectivity index (χ1v) is 6.29. The van der Waals surface area contributed by atoms with Crippen molar-refractivity contribution < 1.29 is 4.79 Å². The molecule has 0 unspecified atom stereocenters. The molecule has 84 valence electrons. The van der Waals surface area contributed by atoms with E-state index in [1.165, 1.54) is 0 Å². The molecule has 0 atom stereocenters. The number of aryl methyl sites for hydroxylation is 1. The summed E-state index contributed by atoms with van der Waals surface area (Å²) < 4.78 is 1.86. The molecule has 2 aromatic heterocycles. The summed E-state index contributed by atoms with van der Waals surface area (Å²) in [5.74, 6) is 0. The normalized spacial score (nSPS) is 10.6. The van der Waals surface area contributed by atoms with Gasteiger partial charge in [0.05, 0.1) is 10.4 Å². The molecule has 0 amide bonds. The lowest BCUT2D eigenvalue weighted by molar-refractivity contribution is 0.112. The van der Waals surface area contributed by atoms with Gasteiger partial charge in [0.25, 0.3) is 0 Å². The van der Waals surface area contributed by atoms with E-state index in [2.05, 4.69) is 12.0 Å². The summed E-state index contributed by atoms with van der Waals surface area (Å²) in [6.07, 6.45) is 4.93. The first-order chi connectivity index (χ1) is 7.85. The number of hydrogen-bond donors (Lipinski definition) is 0. The van der Waals surface area contributed by atoms with Gasteiger partial charge in [0.2, 0.25) is 0 Å². The molecule has 4 heteroatoms. The minimum Gasteiger partial charge on any atom is -0.298 e. The summed E-state index contributed by atoms with van der Waals surface area (Å²) >= 11 is 1.61. The highest BCUT2D eigenvalue weighted by atomic mass is 32.1. The topological polar surface area (TPSA) is 34.9 Å². The van der Waals surface area contributed by atoms with Gasteiger partial charge < -0.3 is 0 Å². The van der Waals surface area contributed by atoms with Crippen LogP contribution in [0.15, 0.2) is 23.7 Å². The van der Waals surface area contributed by atoms with Crippen LogP contribution in [0.4, 0.5) is 0 Å². The molecule has 3 nitrogen and oxygen atoms in total. The predicted octanol–water partition coefficient (Wildman–Crippen LogP) is 3.22. The molecule has 0 aliphatic heterocycles. The van der Waals surface area contributed by atoms with Crippen LogP contribution in [0.5, 0.6) is 0 Å². The minimum atomic E-state index is 0.679. The molecule has 0 spiro atoms. The lowest BCUT2D eigenvalue weighted by Gasteiger charge is -1.97. The van der Waals surface area contributed by atoms with Crippen LogP contribution in [0.25, 0.3) is 10.6 Å². The van der Waals surface area contributed by atoms with Crippen LogP contribution in [0, 0.1) is 0 Å². The summed E-state index contributed by atoms with van der Waals surface area (Å²) in [7, 11) is 0. The molecule has 2 rings (SSSR count). The second-order valence-electron chi connectivity index (χ2n) is 3.64. The summed E-state index contributed by atoms with van der Waals surface area (Å²) in [4.78, 5) is 12.0. The van der Waals surface area contributed by atoms with Gasteiger partial charge in [-0.2, -0.15) is 5.10 Å². The van der Waals surface area contributed by atoms with Crippen LogP contribution in [0.1, 0.15) is 30.1 Å². The van der Waals surface area contributed by atoms with Crippen molar-refractivity contribution in [2.24, 2.45) is 0 Å². The Kier molecular flexibility index (Phi) is 3.51. The molecule has 0 bridgehead atoms. The van der Waals surface area contributed by atoms with E-state index in [4.69, 9.17) is 0 Å². The maximum Gasteiger partial charge on any atom is 0.153 e. The van der Waals surface area contributed by atoms with Gasteiger partial charge in [-0.05, 0) is 17.9 Å². The van der Waals surface area contributed by atoms with Gasteiger partial charge in [-0.25, -0.2) is 0 Å². The van der Waals surface area contributed by atoms with Crippen LogP contribution < -0.4 is 0 Å². The van der Waals surface area contributed by atoms with Crippen molar-refractivity contribution in [3.05, 3.63) is 29.3 Å². The molecular weight excluding hydrogens is 220 g/mol. The quantitative estimate of drug-likeness (QED) is 0.744. The Hall–Kier alpha value is -1.42. The Morgan fingerprint density at radius 2 is 2.44 bits per heavy atom. The van der Waals surface area contributed by atoms with E-state index in [1.807, 2.05) is 28.4 Å². The highest BCUT2D eigenvalue weighted by molar-refractivity contribution is 7.13. The number of rotatable bonds is 5. The molecule has 0 aliphatic rings. The maximum absolute atomic E-state index is 11.0. The van der Waals surface area contributed by atoms with Crippen molar-refractivity contribution in [3.63, 3.8) is 0 Å². The van der Waals surface area contributed by atoms with Crippen molar-refractivity contribution in [2.45, 2.75) is 26.3 Å². The number of aldehydes is 1. The fraction of sp³-hybridized carbons (Fsp3) is 0.333. The average molecular weight is 234 g/mol. The maximum atomic E-state index is 11.0. The zero-order valence-corrected chi connectivity index (χ0v) is 10.0. The molecule has 0 aliphatic carbocycles. The first kappa shape index (κ1) is 11.1. The van der Waals surface area contributed by atoms with Crippen molar-refractivity contribution >= 4 is 17.6 Å². The third-order valence-electron chi connectivity index (χ3n) is 2.41. The van der Waals surface area contributed by atoms with Crippen molar-refractivity contribution in [2.75, 3.05) is 0 Å². The Bertz CT molecular complexity index is 459. The Labute approximate surface area is 98.7 Å². The Morgan fingerprint density at radius 1 is 1.56 bits per heavy atom. The molecular formula is C12H14N2OS. The largest absolute Gasteiger partial charge is 0.298 e. The standard InChI is InChI=1S/C12H14N2OS/c1-2-3-6-14-8-10(9-15)12(13-14)11-5-4-7-16-11/h4-5,7-9H,2-3,6H2,1H3. The van der Waals surface area contributed by atoms with Crippen molar-refractivity contribution in [1.82, 2.24) is 9.78 Å². The number of carbonyl (C=O) groups excluding carboxylic acids is 1. The third kappa shape index (κ3) is 2.22. The molecule has 16 heavy (non-hydrogen) atoms. The molecule has 2 heterocycles. The van der Waals surface area contributed by atoms with Crippen LogP contribution in [-0.2, 0) is 6.54 Å². The lowest BCUT2D eigenvalue weighted by Crippen LogP contribution is -1.97. The SMILES string of the molecule is CCCCn1cc(C=O)c(-c2cccs2)n1. The number of nitrogens with zero attached hydrogens (tertiary/aromatic N) is 2. The number of unbranched alkanes of at least 4 members (excludes halogenated alkanes) is 1. The van der Waals surface area contributed by atoms with E-state index >= 15 is 0 Å². The Morgan fingerprint density at radius 3 is 3.06 bits per heavy atom. The second-order valence-corrected chi connectivity index (χ2v) is 4.59. The summed E-state index contributed by atoms with van der Waals surface area (Å²) in [6.45, 7) is 3.02. The molecule has 2 aromatic rings. The molecule has 0 saturated carbocycles. The fourth-order valence-corrected chi connectivity index (χ4v) is 2.29. The van der Waals surface area contributed by atoms with E-state index < -0.39 is 0 Å². The first-order valence-electron chi connectivity index (χ1n) is 5.41. The number of hydrogen-bond acceptors (Lipinski definition) is 3. The van der Waals surface area contributed by atoms with Crippen LogP contribution >= 0.6 is 11.3 Å². The van der Waals surface area contributed by atoms with E-state index in [0.29, 0.717) is 5.56 Å². The van der Waals surface area contributed by atoms with Crippen molar-refractivity contribution in [1.29, 1.82) is 0 Å². The summed E-state index contributed by atoms with van der Waals surface area (Å²) in [5.41, 5.74) is 1.49. The molecule has 0 fully saturated rings. The number of aromatic nitrogens is 2. The number of carbonyl (C=O) groups is 1. The van der Waals surface area contributed by atoms with Crippen LogP contribution in [0.3, 0.4) is 0 Å². The van der Waals surface area contributed by atoms with Gasteiger partial charge in [0.1, 0.15) is 5.69 Å². The van der Waals surface area contributed by atoms with Gasteiger partial charge in [-0.3, -0.25) is 9.48 Å². The monoisotopic (exact) mass is 234 g/mol. The van der Waals surface area contributed by atoms with Crippen molar-refractivity contribution in [3.8, 4) is 10.6 Å². The van der Waals surface area contributed by atoms with Gasteiger partial charge in [0.15, 0.2) is 6.29 Å². The smallest absolute Gasteiger partial charge is 0.153 e. The Balaban J connectivity index is 2.30. The van der Waals surface area contributed by atoms with E-state index in [-0.39, 0.29) is 0 Å². The number of thiophene rings is 1. The van der Waals surface area contributed by atoms with Crippen LogP contribution in [-0.4, -0.2) is 16.1 Å². The van der Waals surface area contributed by atoms with Gasteiger partial charge >= 0.3 is 0 Å². The fourth-order valence-electron chi connectivity index (χ4n) is 1.56. The van der Waals surface area contributed by atoms with Gasteiger partial charge in [0, 0.05) is 12.7 Å². The molecule has 0 N–H and O–H groups in total.